The molecule has 0 spiro atoms. The van der Waals surface area contributed by atoms with Crippen LogP contribution in [0.25, 0.3) is 22.1 Å². The van der Waals surface area contributed by atoms with Crippen LogP contribution in [0.4, 0.5) is 0 Å². The third-order valence-corrected chi connectivity index (χ3v) is 8.52. The lowest BCUT2D eigenvalue weighted by molar-refractivity contribution is -0.475. The Morgan fingerprint density at radius 1 is 0.650 bits per heavy atom. The number of nitrogens with zero attached hydrogens (tertiary/aromatic N) is 3. The fourth-order valence-electron chi connectivity index (χ4n) is 6.58. The first-order chi connectivity index (χ1) is 19.6. The van der Waals surface area contributed by atoms with E-state index in [0.29, 0.717) is 0 Å². The van der Waals surface area contributed by atoms with Crippen molar-refractivity contribution in [2.45, 2.75) is 40.0 Å². The zero-order chi connectivity index (χ0) is 27.2. The zero-order valence-corrected chi connectivity index (χ0v) is 23.4. The van der Waals surface area contributed by atoms with Gasteiger partial charge in [0.1, 0.15) is 0 Å². The summed E-state index contributed by atoms with van der Waals surface area (Å²) < 4.78 is 2.57. The number of allylic oxidation sites excluding steroid dienone is 2. The molecule has 0 amide bonds. The van der Waals surface area contributed by atoms with Gasteiger partial charge in [-0.25, -0.2) is 0 Å². The van der Waals surface area contributed by atoms with Crippen LogP contribution in [0, 0.1) is 6.92 Å². The van der Waals surface area contributed by atoms with E-state index >= 15 is 0 Å². The molecule has 0 unspecified atom stereocenters. The molecule has 3 aliphatic rings. The number of benzene rings is 4. The predicted molar refractivity (Wildman–Crippen MR) is 166 cm³/mol. The Balaban J connectivity index is 1.46. The molecule has 3 nitrogen and oxygen atoms in total. The number of fused-ring (bicyclic) bond motifs is 4. The summed E-state index contributed by atoms with van der Waals surface area (Å²) >= 11 is 0. The number of rotatable bonds is 4. The average molecular weight is 520 g/mol. The van der Waals surface area contributed by atoms with Gasteiger partial charge in [-0.1, -0.05) is 109 Å². The van der Waals surface area contributed by atoms with Gasteiger partial charge in [0.15, 0.2) is 18.0 Å². The highest BCUT2D eigenvalue weighted by Gasteiger charge is 2.36. The van der Waals surface area contributed by atoms with Gasteiger partial charge in [-0.05, 0) is 59.7 Å². The van der Waals surface area contributed by atoms with Crippen molar-refractivity contribution in [3.8, 4) is 11.1 Å². The lowest BCUT2D eigenvalue weighted by Gasteiger charge is -2.31. The molecule has 7 rings (SSSR count). The summed E-state index contributed by atoms with van der Waals surface area (Å²) in [6.07, 6.45) is 2.96. The van der Waals surface area contributed by atoms with Gasteiger partial charge in [0, 0.05) is 29.7 Å². The Labute approximate surface area is 236 Å². The van der Waals surface area contributed by atoms with E-state index in [1.165, 1.54) is 67.1 Å². The number of hydrogen-bond acceptors (Lipinski definition) is 1. The molecule has 4 aromatic carbocycles. The third kappa shape index (κ3) is 4.05. The largest absolute Gasteiger partial charge is 0.574 e. The van der Waals surface area contributed by atoms with E-state index in [1.54, 1.807) is 0 Å². The molecular weight excluding hydrogens is 486 g/mol. The topological polar surface area (TPSA) is 29.5 Å². The maximum atomic E-state index is 4.70. The second kappa shape index (κ2) is 9.91. The Morgan fingerprint density at radius 3 is 1.93 bits per heavy atom. The van der Waals surface area contributed by atoms with E-state index in [4.69, 9.17) is 5.43 Å². The summed E-state index contributed by atoms with van der Waals surface area (Å²) in [5.41, 5.74) is 22.3. The molecule has 3 heteroatoms. The summed E-state index contributed by atoms with van der Waals surface area (Å²) in [5.74, 6) is 0. The van der Waals surface area contributed by atoms with Gasteiger partial charge in [-0.2, -0.15) is 4.58 Å². The highest BCUT2D eigenvalue weighted by Crippen LogP contribution is 2.48. The molecule has 0 bridgehead atoms. The van der Waals surface area contributed by atoms with Crippen LogP contribution in [0.15, 0.2) is 119 Å². The molecule has 0 N–H and O–H groups in total. The molecule has 2 heterocycles. The van der Waals surface area contributed by atoms with Crippen LogP contribution in [0.2, 0.25) is 0 Å². The van der Waals surface area contributed by atoms with Crippen molar-refractivity contribution >= 4 is 17.0 Å². The molecule has 1 aliphatic carbocycles. The first-order valence-electron chi connectivity index (χ1n) is 14.3. The molecule has 0 saturated carbocycles. The normalized spacial score (nSPS) is 15.9. The fourth-order valence-corrected chi connectivity index (χ4v) is 6.58. The van der Waals surface area contributed by atoms with E-state index in [-0.39, 0.29) is 0 Å². The molecule has 0 saturated heterocycles. The second-order valence-corrected chi connectivity index (χ2v) is 11.1. The lowest BCUT2D eigenvalue weighted by Crippen LogP contribution is -2.33. The lowest BCUT2D eigenvalue weighted by atomic mass is 9.88. The number of aryl methyl sites for hydroxylation is 2. The van der Waals surface area contributed by atoms with Crippen molar-refractivity contribution in [1.29, 1.82) is 0 Å². The fraction of sp³-hybridized carbons (Fsp3) is 0.189. The molecule has 196 valence electrons. The SMILES string of the molecule is CC1=N[N-]C(C)=C([N+]2=C(CCc3ccc(C)cc3)c3ccccc3CC2)C1=C1c2ccccc2-c2ccccc21. The molecule has 0 aromatic heterocycles. The minimum absolute atomic E-state index is 0.926. The van der Waals surface area contributed by atoms with E-state index in [9.17, 15) is 0 Å². The standard InChI is InChI=1S/C37H33N3/c1-24-16-18-27(19-17-24)20-21-34-29-11-5-4-10-28(29)22-23-40(34)37-26(3)39-38-25(2)35(37)36-32-14-8-6-12-30(32)31-13-7-9-15-33(31)36/h4-19H,20-23H2,1-3H3. The molecule has 2 aliphatic heterocycles. The predicted octanol–water partition coefficient (Wildman–Crippen LogP) is 8.46. The maximum Gasteiger partial charge on any atom is 0.197 e. The summed E-state index contributed by atoms with van der Waals surface area (Å²) in [7, 11) is 0. The van der Waals surface area contributed by atoms with Crippen LogP contribution in [0.1, 0.15) is 53.6 Å². The average Bonchev–Trinajstić information content (AvgIpc) is 3.32. The van der Waals surface area contributed by atoms with Crippen molar-refractivity contribution in [2.24, 2.45) is 5.10 Å². The number of hydrogen-bond donors (Lipinski definition) is 0. The van der Waals surface area contributed by atoms with E-state index < -0.39 is 0 Å². The second-order valence-electron chi connectivity index (χ2n) is 11.1. The summed E-state index contributed by atoms with van der Waals surface area (Å²) in [6, 6.07) is 35.5. The highest BCUT2D eigenvalue weighted by molar-refractivity contribution is 6.16. The Hall–Kier alpha value is -4.50. The molecule has 4 aromatic rings. The Kier molecular flexibility index (Phi) is 6.08. The summed E-state index contributed by atoms with van der Waals surface area (Å²) in [5, 5.41) is 4.69. The van der Waals surface area contributed by atoms with Crippen molar-refractivity contribution in [3.63, 3.8) is 0 Å². The van der Waals surface area contributed by atoms with E-state index in [2.05, 4.69) is 128 Å². The van der Waals surface area contributed by atoms with Gasteiger partial charge in [-0.3, -0.25) is 0 Å². The van der Waals surface area contributed by atoms with Gasteiger partial charge in [0.05, 0.1) is 5.57 Å². The summed E-state index contributed by atoms with van der Waals surface area (Å²) in [4.78, 5) is 0. The van der Waals surface area contributed by atoms with Gasteiger partial charge in [0.2, 0.25) is 0 Å². The van der Waals surface area contributed by atoms with Crippen LogP contribution >= 0.6 is 0 Å². The highest BCUT2D eigenvalue weighted by atomic mass is 15.3. The third-order valence-electron chi connectivity index (χ3n) is 8.52. The quantitative estimate of drug-likeness (QED) is 0.213. The Morgan fingerprint density at radius 2 is 1.25 bits per heavy atom. The zero-order valence-electron chi connectivity index (χ0n) is 23.4. The smallest absolute Gasteiger partial charge is 0.197 e. The first-order valence-corrected chi connectivity index (χ1v) is 14.3. The van der Waals surface area contributed by atoms with Crippen LogP contribution in [-0.2, 0) is 12.8 Å². The van der Waals surface area contributed by atoms with Crippen LogP contribution in [-0.4, -0.2) is 22.5 Å². The van der Waals surface area contributed by atoms with Crippen molar-refractivity contribution in [1.82, 2.24) is 0 Å². The van der Waals surface area contributed by atoms with Crippen LogP contribution < -0.4 is 0 Å². The van der Waals surface area contributed by atoms with E-state index in [0.717, 1.165) is 37.2 Å². The first kappa shape index (κ1) is 24.5. The van der Waals surface area contributed by atoms with E-state index in [1.807, 2.05) is 0 Å². The van der Waals surface area contributed by atoms with Gasteiger partial charge < -0.3 is 10.5 Å². The van der Waals surface area contributed by atoms with Gasteiger partial charge >= 0.3 is 0 Å². The molecule has 0 radical (unpaired) electrons. The Bertz CT molecular complexity index is 1730. The minimum atomic E-state index is 0.926. The van der Waals surface area contributed by atoms with Crippen molar-refractivity contribution in [2.75, 3.05) is 6.54 Å². The summed E-state index contributed by atoms with van der Waals surface area (Å²) in [6.45, 7) is 7.32. The van der Waals surface area contributed by atoms with Crippen LogP contribution in [0.5, 0.6) is 0 Å². The monoisotopic (exact) mass is 519 g/mol. The van der Waals surface area contributed by atoms with Gasteiger partial charge in [-0.15, -0.1) is 0 Å². The van der Waals surface area contributed by atoms with Gasteiger partial charge in [0.25, 0.3) is 0 Å². The molecule has 40 heavy (non-hydrogen) atoms. The molecule has 0 atom stereocenters. The van der Waals surface area contributed by atoms with Crippen molar-refractivity contribution in [3.05, 3.63) is 153 Å². The minimum Gasteiger partial charge on any atom is -0.574 e. The maximum absolute atomic E-state index is 4.70. The molecular formula is C37H33N3. The molecule has 0 fully saturated rings. The van der Waals surface area contributed by atoms with Crippen molar-refractivity contribution < 1.29 is 4.58 Å². The van der Waals surface area contributed by atoms with Crippen LogP contribution in [0.3, 0.4) is 0 Å².